The lowest BCUT2D eigenvalue weighted by atomic mass is 10.00. The minimum atomic E-state index is -0.0574. The van der Waals surface area contributed by atoms with Crippen molar-refractivity contribution in [2.45, 2.75) is 32.5 Å². The largest absolute Gasteiger partial charge is 0.493 e. The third-order valence-corrected chi connectivity index (χ3v) is 8.41. The molecule has 0 radical (unpaired) electrons. The van der Waals surface area contributed by atoms with Crippen molar-refractivity contribution >= 4 is 22.4 Å². The van der Waals surface area contributed by atoms with Gasteiger partial charge in [0.05, 0.1) is 11.1 Å². The summed E-state index contributed by atoms with van der Waals surface area (Å²) in [4.78, 5) is 19.1. The van der Waals surface area contributed by atoms with E-state index in [0.29, 0.717) is 23.2 Å². The number of pyridine rings is 2. The van der Waals surface area contributed by atoms with Crippen LogP contribution in [0.5, 0.6) is 5.88 Å². The van der Waals surface area contributed by atoms with E-state index >= 15 is 0 Å². The lowest BCUT2D eigenvalue weighted by Crippen LogP contribution is -2.65. The third-order valence-electron chi connectivity index (χ3n) is 8.41. The number of rotatable bonds is 4. The standard InChI is InChI=1S/C29H36N8O/c1-20-13-27(35-9-7-31-8-10-35)32-15-23(20)17-34-11-12-37-21(2)16-36(19-24(37)18-34)26-5-3-22(14-30)29-25(26)4-6-28(38)33-29/h3-6,13,15,21,24,31H,7-12,16-19H2,1-2H3,(H,33,38). The Balaban J connectivity index is 1.18. The van der Waals surface area contributed by atoms with Gasteiger partial charge < -0.3 is 20.2 Å². The maximum atomic E-state index is 9.94. The summed E-state index contributed by atoms with van der Waals surface area (Å²) in [6.07, 6.45) is 2.08. The maximum absolute atomic E-state index is 9.94. The average molecular weight is 513 g/mol. The number of aryl methyl sites for hydroxylation is 1. The molecule has 0 saturated carbocycles. The first-order valence-corrected chi connectivity index (χ1v) is 13.7. The number of piperazine rings is 3. The van der Waals surface area contributed by atoms with Gasteiger partial charge in [-0.3, -0.25) is 9.80 Å². The number of nitriles is 1. The molecule has 3 aromatic rings. The molecule has 0 bridgehead atoms. The van der Waals surface area contributed by atoms with Crippen molar-refractivity contribution in [1.82, 2.24) is 25.1 Å². The molecule has 0 spiro atoms. The Morgan fingerprint density at radius 1 is 1.05 bits per heavy atom. The molecule has 2 N–H and O–H groups in total. The molecule has 0 amide bonds. The first kappa shape index (κ1) is 24.9. The monoisotopic (exact) mass is 512 g/mol. The van der Waals surface area contributed by atoms with Crippen molar-refractivity contribution in [1.29, 1.82) is 5.26 Å². The van der Waals surface area contributed by atoms with Crippen LogP contribution in [0.1, 0.15) is 23.6 Å². The van der Waals surface area contributed by atoms with Crippen LogP contribution < -0.4 is 15.1 Å². The van der Waals surface area contributed by atoms with Crippen molar-refractivity contribution in [2.75, 3.05) is 68.7 Å². The molecule has 5 heterocycles. The number of benzene rings is 1. The van der Waals surface area contributed by atoms with Gasteiger partial charge in [0, 0.05) is 101 Å². The van der Waals surface area contributed by atoms with Gasteiger partial charge in [0.2, 0.25) is 5.88 Å². The van der Waals surface area contributed by atoms with Crippen LogP contribution in [0, 0.1) is 18.3 Å². The lowest BCUT2D eigenvalue weighted by molar-refractivity contribution is 0.0316. The number of aromatic nitrogens is 2. The van der Waals surface area contributed by atoms with Gasteiger partial charge in [0.15, 0.2) is 0 Å². The highest BCUT2D eigenvalue weighted by Crippen LogP contribution is 2.33. The summed E-state index contributed by atoms with van der Waals surface area (Å²) in [7, 11) is 0. The molecule has 2 unspecified atom stereocenters. The predicted molar refractivity (Wildman–Crippen MR) is 150 cm³/mol. The fraction of sp³-hybridized carbons (Fsp3) is 0.483. The molecule has 38 heavy (non-hydrogen) atoms. The highest BCUT2D eigenvalue weighted by Gasteiger charge is 2.36. The van der Waals surface area contributed by atoms with Crippen LogP contribution in [0.25, 0.3) is 10.9 Å². The van der Waals surface area contributed by atoms with Crippen LogP contribution in [0.15, 0.2) is 36.5 Å². The Labute approximate surface area is 224 Å². The van der Waals surface area contributed by atoms with E-state index in [2.05, 4.69) is 62.1 Å². The zero-order valence-corrected chi connectivity index (χ0v) is 22.3. The molecule has 3 fully saturated rings. The van der Waals surface area contributed by atoms with Crippen LogP contribution in [-0.2, 0) is 6.54 Å². The van der Waals surface area contributed by atoms with E-state index < -0.39 is 0 Å². The summed E-state index contributed by atoms with van der Waals surface area (Å²) < 4.78 is 0. The number of nitrogens with zero attached hydrogens (tertiary/aromatic N) is 7. The fourth-order valence-corrected chi connectivity index (χ4v) is 6.37. The molecule has 2 aromatic heterocycles. The third kappa shape index (κ3) is 4.75. The van der Waals surface area contributed by atoms with Crippen LogP contribution in [0.3, 0.4) is 0 Å². The molecule has 9 heteroatoms. The molecule has 9 nitrogen and oxygen atoms in total. The van der Waals surface area contributed by atoms with Gasteiger partial charge in [-0.05, 0) is 49.2 Å². The average Bonchev–Trinajstić information content (AvgIpc) is 2.93. The molecule has 0 aliphatic carbocycles. The van der Waals surface area contributed by atoms with Crippen molar-refractivity contribution in [3.63, 3.8) is 0 Å². The Morgan fingerprint density at radius 3 is 2.68 bits per heavy atom. The van der Waals surface area contributed by atoms with Crippen molar-refractivity contribution < 1.29 is 5.11 Å². The van der Waals surface area contributed by atoms with Gasteiger partial charge in [-0.25, -0.2) is 9.97 Å². The summed E-state index contributed by atoms with van der Waals surface area (Å²) in [6, 6.07) is 12.7. The Kier molecular flexibility index (Phi) is 6.78. The molecule has 6 rings (SSSR count). The zero-order valence-electron chi connectivity index (χ0n) is 22.3. The molecule has 1 aromatic carbocycles. The van der Waals surface area contributed by atoms with Crippen molar-refractivity contribution in [2.24, 2.45) is 0 Å². The molecule has 198 valence electrons. The molecule has 2 atom stereocenters. The molecular formula is C29H36N8O. The SMILES string of the molecule is Cc1cc(N2CCNCC2)ncc1CN1CCN2C(C)CN(c3ccc(C#N)c4nc(O)ccc34)CC2C1. The first-order valence-electron chi connectivity index (χ1n) is 13.7. The topological polar surface area (TPSA) is 94.8 Å². The number of hydrogen-bond donors (Lipinski definition) is 2. The summed E-state index contributed by atoms with van der Waals surface area (Å²) in [6.45, 7) is 14.5. The highest BCUT2D eigenvalue weighted by atomic mass is 16.3. The second kappa shape index (κ2) is 10.4. The summed E-state index contributed by atoms with van der Waals surface area (Å²) in [5.74, 6) is 1.03. The summed E-state index contributed by atoms with van der Waals surface area (Å²) in [5, 5.41) is 23.8. The Hall–Kier alpha value is -3.45. The van der Waals surface area contributed by atoms with E-state index in [1.165, 1.54) is 11.1 Å². The van der Waals surface area contributed by atoms with E-state index in [9.17, 15) is 10.4 Å². The van der Waals surface area contributed by atoms with E-state index in [1.54, 1.807) is 6.07 Å². The van der Waals surface area contributed by atoms with Crippen LogP contribution in [0.4, 0.5) is 11.5 Å². The van der Waals surface area contributed by atoms with E-state index in [4.69, 9.17) is 4.98 Å². The Bertz CT molecular complexity index is 1360. The van der Waals surface area contributed by atoms with Gasteiger partial charge in [0.1, 0.15) is 11.9 Å². The minimum Gasteiger partial charge on any atom is -0.493 e. The quantitative estimate of drug-likeness (QED) is 0.546. The number of fused-ring (bicyclic) bond motifs is 2. The first-order chi connectivity index (χ1) is 18.5. The number of aromatic hydroxyl groups is 1. The zero-order chi connectivity index (χ0) is 26.2. The van der Waals surface area contributed by atoms with Gasteiger partial charge in [-0.1, -0.05) is 0 Å². The molecule has 3 aliphatic heterocycles. The summed E-state index contributed by atoms with van der Waals surface area (Å²) >= 11 is 0. The minimum absolute atomic E-state index is 0.0574. The van der Waals surface area contributed by atoms with Crippen LogP contribution in [0.2, 0.25) is 0 Å². The fourth-order valence-electron chi connectivity index (χ4n) is 6.37. The van der Waals surface area contributed by atoms with Gasteiger partial charge in [-0.2, -0.15) is 5.26 Å². The second-order valence-electron chi connectivity index (χ2n) is 10.9. The smallest absolute Gasteiger partial charge is 0.211 e. The predicted octanol–water partition coefficient (Wildman–Crippen LogP) is 2.32. The van der Waals surface area contributed by atoms with Gasteiger partial charge in [-0.15, -0.1) is 0 Å². The second-order valence-corrected chi connectivity index (χ2v) is 10.9. The van der Waals surface area contributed by atoms with Gasteiger partial charge in [0.25, 0.3) is 0 Å². The van der Waals surface area contributed by atoms with Crippen LogP contribution in [-0.4, -0.2) is 95.9 Å². The highest BCUT2D eigenvalue weighted by molar-refractivity contribution is 5.95. The maximum Gasteiger partial charge on any atom is 0.211 e. The normalized spacial score (nSPS) is 22.9. The van der Waals surface area contributed by atoms with Crippen LogP contribution >= 0.6 is 0 Å². The summed E-state index contributed by atoms with van der Waals surface area (Å²) in [5.41, 5.74) is 4.76. The number of nitrogens with one attached hydrogen (secondary N) is 1. The molecular weight excluding hydrogens is 476 g/mol. The number of hydrogen-bond acceptors (Lipinski definition) is 9. The molecule has 3 aliphatic rings. The lowest BCUT2D eigenvalue weighted by Gasteiger charge is -2.51. The van der Waals surface area contributed by atoms with Crippen molar-refractivity contribution in [3.05, 3.63) is 53.2 Å². The number of anilines is 2. The van der Waals surface area contributed by atoms with E-state index in [1.807, 2.05) is 18.2 Å². The van der Waals surface area contributed by atoms with E-state index in [0.717, 1.165) is 82.3 Å². The Morgan fingerprint density at radius 2 is 1.89 bits per heavy atom. The van der Waals surface area contributed by atoms with Gasteiger partial charge >= 0.3 is 0 Å². The van der Waals surface area contributed by atoms with E-state index in [-0.39, 0.29) is 5.88 Å². The molecule has 3 saturated heterocycles. The van der Waals surface area contributed by atoms with Crippen molar-refractivity contribution in [3.8, 4) is 11.9 Å².